The maximum absolute atomic E-state index is 11.6. The molecule has 2 spiro atoms. The Hall–Kier alpha value is -3.59. The third-order valence-corrected chi connectivity index (χ3v) is 19.3. The molecule has 15 heteroatoms. The van der Waals surface area contributed by atoms with Gasteiger partial charge in [0.25, 0.3) is 0 Å². The van der Waals surface area contributed by atoms with E-state index >= 15 is 0 Å². The summed E-state index contributed by atoms with van der Waals surface area (Å²) in [6.07, 6.45) is 31.2. The molecule has 15 nitrogen and oxygen atoms in total. The van der Waals surface area contributed by atoms with E-state index in [1.165, 1.54) is 70.6 Å². The summed E-state index contributed by atoms with van der Waals surface area (Å²) in [6, 6.07) is 0. The van der Waals surface area contributed by atoms with Crippen LogP contribution in [0.3, 0.4) is 0 Å². The molecule has 10 saturated heterocycles. The van der Waals surface area contributed by atoms with Gasteiger partial charge in [-0.05, 0) is 146 Å². The molecule has 8 saturated carbocycles. The Morgan fingerprint density at radius 3 is 1.44 bits per heavy atom. The topological polar surface area (TPSA) is 193 Å². The van der Waals surface area contributed by atoms with Crippen LogP contribution in [0.1, 0.15) is 298 Å². The van der Waals surface area contributed by atoms with Crippen LogP contribution in [0.15, 0.2) is 0 Å². The van der Waals surface area contributed by atoms with Crippen molar-refractivity contribution in [3.63, 3.8) is 0 Å². The number of hydrogen-bond donors (Lipinski definition) is 0. The van der Waals surface area contributed by atoms with Gasteiger partial charge in [-0.3, -0.25) is 33.6 Å². The molecule has 0 aromatic carbocycles. The van der Waals surface area contributed by atoms with Crippen LogP contribution < -0.4 is 0 Å². The molecule has 0 amide bonds. The summed E-state index contributed by atoms with van der Waals surface area (Å²) >= 11 is 0. The molecule has 0 aromatic heterocycles. The van der Waals surface area contributed by atoms with E-state index in [2.05, 4.69) is 0 Å². The minimum atomic E-state index is -0.107. The molecule has 87 heavy (non-hydrogen) atoms. The summed E-state index contributed by atoms with van der Waals surface area (Å²) in [4.78, 5) is 76.9. The van der Waals surface area contributed by atoms with E-state index in [4.69, 9.17) is 37.9 Å². The third-order valence-electron chi connectivity index (χ3n) is 19.3. The molecule has 8 aliphatic carbocycles. The maximum Gasteiger partial charge on any atom is 0.312 e. The van der Waals surface area contributed by atoms with Crippen molar-refractivity contribution >= 4 is 41.6 Å². The number of rotatable bonds is 0. The fourth-order valence-corrected chi connectivity index (χ4v) is 15.4. The Morgan fingerprint density at radius 2 is 0.977 bits per heavy atom. The highest BCUT2D eigenvalue weighted by atomic mass is 16.6. The summed E-state index contributed by atoms with van der Waals surface area (Å²) in [6.45, 7) is 38.5. The Morgan fingerprint density at radius 1 is 0.379 bits per heavy atom. The average Bonchev–Trinajstić information content (AvgIpc) is 1.68. The summed E-state index contributed by atoms with van der Waals surface area (Å²) in [5, 5.41) is 0. The number of ether oxygens (including phenoxy) is 8. The zero-order valence-corrected chi connectivity index (χ0v) is 58.6. The van der Waals surface area contributed by atoms with Crippen molar-refractivity contribution in [3.05, 3.63) is 0 Å². The lowest BCUT2D eigenvalue weighted by Gasteiger charge is -2.34. The molecule has 0 N–H and O–H groups in total. The first-order chi connectivity index (χ1) is 42.4. The second kappa shape index (κ2) is 44.8. The number of Topliss-reactive ketones (excluding diaryl/α,β-unsaturated/α-hetero) is 1. The van der Waals surface area contributed by atoms with Gasteiger partial charge in [0.2, 0.25) is 0 Å². The number of ketones is 1. The van der Waals surface area contributed by atoms with Crippen molar-refractivity contribution in [2.75, 3.05) is 26.4 Å². The number of fused-ring (bicyclic) bond motifs is 10. The molecule has 0 radical (unpaired) electrons. The predicted molar refractivity (Wildman–Crippen MR) is 346 cm³/mol. The zero-order valence-electron chi connectivity index (χ0n) is 58.6. The van der Waals surface area contributed by atoms with E-state index in [1.807, 2.05) is 125 Å². The second-order valence-corrected chi connectivity index (χ2v) is 23.3. The third kappa shape index (κ3) is 22.6. The Bertz CT molecular complexity index is 1860. The largest absolute Gasteiger partial charge is 0.465 e. The Kier molecular flexibility index (Phi) is 41.9. The van der Waals surface area contributed by atoms with Gasteiger partial charge in [0, 0.05) is 18.3 Å². The van der Waals surface area contributed by atoms with Crippen LogP contribution in [-0.2, 0) is 71.5 Å². The van der Waals surface area contributed by atoms with E-state index in [-0.39, 0.29) is 76.8 Å². The monoisotopic (exact) mass is 1230 g/mol. The summed E-state index contributed by atoms with van der Waals surface area (Å²) in [7, 11) is 0. The van der Waals surface area contributed by atoms with Gasteiger partial charge in [-0.1, -0.05) is 157 Å². The quantitative estimate of drug-likeness (QED) is 0.164. The van der Waals surface area contributed by atoms with Gasteiger partial charge >= 0.3 is 35.8 Å². The Labute approximate surface area is 530 Å². The molecule has 18 aliphatic rings. The summed E-state index contributed by atoms with van der Waals surface area (Å²) in [5.74, 6) is 4.99. The first kappa shape index (κ1) is 81.4. The van der Waals surface area contributed by atoms with Crippen molar-refractivity contribution in [1.82, 2.24) is 0 Å². The predicted octanol–water partition coefficient (Wildman–Crippen LogP) is 16.9. The molecule has 13 unspecified atom stereocenters. The first-order valence-corrected chi connectivity index (χ1v) is 36.4. The number of carbonyl (C=O) groups excluding carboxylic acids is 7. The Balaban J connectivity index is 0.000000487. The van der Waals surface area contributed by atoms with Crippen LogP contribution in [0.25, 0.3) is 0 Å². The highest BCUT2D eigenvalue weighted by molar-refractivity contribution is 5.85. The first-order valence-electron chi connectivity index (χ1n) is 36.4. The maximum atomic E-state index is 11.6. The molecule has 10 aliphatic heterocycles. The standard InChI is InChI=1S/C10H14O2.C9H14O2.C8H10O2.3C7H10O2.C6H8O3.9C2H6/c11-9-10(3-4-12-9)6-7-1-2-8(10)5-7;10-8-9(6-7-11-8)4-2-1-3-5-9;9-8-6-2-5-1-4(6)3-7(5)10-8;8-7-5-1-3-6(9-7)4-2-5;8-6-4-9-7-3-1-2-5(6)7;8-7-4-5-2-1-3-6(5)9-7;7-6-3-5-4(9-6)1-2-8-5;9*1-2/h7-8H,1-6H2;1-7H2;4-7H,1-3H2;5-6H,1-4H2;5,7H,1-4H2;5-6H,1-4H2;4-5H,1-3H2;9*1-2H3. The van der Waals surface area contributed by atoms with Gasteiger partial charge < -0.3 is 37.9 Å². The van der Waals surface area contributed by atoms with Gasteiger partial charge in [0.15, 0.2) is 5.78 Å². The van der Waals surface area contributed by atoms with Crippen molar-refractivity contribution < 1.29 is 71.5 Å². The van der Waals surface area contributed by atoms with Gasteiger partial charge in [-0.15, -0.1) is 0 Å². The van der Waals surface area contributed by atoms with Crippen molar-refractivity contribution in [2.45, 2.75) is 335 Å². The minimum Gasteiger partial charge on any atom is -0.465 e. The zero-order chi connectivity index (χ0) is 65.7. The second-order valence-electron chi connectivity index (χ2n) is 23.3. The van der Waals surface area contributed by atoms with Crippen LogP contribution in [0.4, 0.5) is 0 Å². The highest BCUT2D eigenvalue weighted by Crippen LogP contribution is 2.60. The lowest BCUT2D eigenvalue weighted by atomic mass is 9.72. The van der Waals surface area contributed by atoms with E-state index in [9.17, 15) is 33.6 Å². The number of hydrogen-bond acceptors (Lipinski definition) is 15. The van der Waals surface area contributed by atoms with Crippen LogP contribution in [0, 0.1) is 58.2 Å². The van der Waals surface area contributed by atoms with Gasteiger partial charge in [-0.2, -0.15) is 0 Å². The molecular formula is C72H130O15. The number of carbonyl (C=O) groups is 7. The molecule has 10 heterocycles. The fourth-order valence-electron chi connectivity index (χ4n) is 15.4. The lowest BCUT2D eigenvalue weighted by Crippen LogP contribution is -2.39. The van der Waals surface area contributed by atoms with Crippen molar-refractivity contribution in [2.24, 2.45) is 58.2 Å². The fraction of sp³-hybridized carbons (Fsp3) is 0.903. The van der Waals surface area contributed by atoms with E-state index in [1.54, 1.807) is 0 Å². The highest BCUT2D eigenvalue weighted by Gasteiger charge is 2.59. The van der Waals surface area contributed by atoms with Crippen LogP contribution in [-0.4, -0.2) is 105 Å². The molecule has 0 aromatic rings. The van der Waals surface area contributed by atoms with Crippen LogP contribution >= 0.6 is 0 Å². The van der Waals surface area contributed by atoms with Gasteiger partial charge in [0.05, 0.1) is 61.4 Å². The molecule has 13 atom stereocenters. The molecular weight excluding hydrogens is 1100 g/mol. The van der Waals surface area contributed by atoms with E-state index in [0.29, 0.717) is 80.4 Å². The van der Waals surface area contributed by atoms with Crippen molar-refractivity contribution in [1.29, 1.82) is 0 Å². The van der Waals surface area contributed by atoms with Crippen molar-refractivity contribution in [3.8, 4) is 0 Å². The average molecular weight is 1240 g/mol. The summed E-state index contributed by atoms with van der Waals surface area (Å²) < 4.78 is 40.8. The smallest absolute Gasteiger partial charge is 0.312 e. The van der Waals surface area contributed by atoms with Crippen LogP contribution in [0.5, 0.6) is 0 Å². The molecule has 8 bridgehead atoms. The lowest BCUT2D eigenvalue weighted by molar-refractivity contribution is -0.170. The normalized spacial score (nSPS) is 34.6. The molecule has 18 fully saturated rings. The summed E-state index contributed by atoms with van der Waals surface area (Å²) in [5.41, 5.74) is -0.0266. The molecule has 18 rings (SSSR count). The van der Waals surface area contributed by atoms with E-state index < -0.39 is 0 Å². The minimum absolute atomic E-state index is 0.00289. The van der Waals surface area contributed by atoms with E-state index in [0.717, 1.165) is 108 Å². The van der Waals surface area contributed by atoms with Gasteiger partial charge in [0.1, 0.15) is 37.1 Å². The SMILES string of the molecule is CC.CC.CC.CC.CC.CC.CC.CC.CC.O=C1CC2CCCC2O1.O=C1CC2OCCC2O1.O=C1COC2CCCC12.O=C1OC2CC3CC2CC13.O=C1OC2CCC1CC2.O=C1OCCC12CC1CCC2C1.O=C1OCCC12CCCCC2. The van der Waals surface area contributed by atoms with Crippen LogP contribution in [0.2, 0.25) is 0 Å². The van der Waals surface area contributed by atoms with Gasteiger partial charge in [-0.25, -0.2) is 0 Å². The number of cyclic esters (lactones) is 2. The number of esters is 6. The molecule has 508 valence electrons.